The molecule has 68 heavy (non-hydrogen) atoms. The lowest BCUT2D eigenvalue weighted by molar-refractivity contribution is 0.371. The molecule has 0 spiro atoms. The third kappa shape index (κ3) is 8.81. The highest BCUT2D eigenvalue weighted by atomic mass is 31.2. The highest BCUT2D eigenvalue weighted by Crippen LogP contribution is 2.54. The van der Waals surface area contributed by atoms with Crippen molar-refractivity contribution < 1.29 is 31.7 Å². The second-order valence-electron chi connectivity index (χ2n) is 16.1. The fourth-order valence-corrected chi connectivity index (χ4v) is 13.7. The van der Waals surface area contributed by atoms with Gasteiger partial charge in [0, 0.05) is 27.0 Å². The van der Waals surface area contributed by atoms with Crippen molar-refractivity contribution in [2.24, 2.45) is 0 Å². The van der Waals surface area contributed by atoms with Crippen LogP contribution in [-0.2, 0) is 15.5 Å². The van der Waals surface area contributed by atoms with E-state index in [1.54, 1.807) is 0 Å². The Morgan fingerprint density at radius 1 is 0.353 bits per heavy atom. The van der Waals surface area contributed by atoms with E-state index in [0.29, 0.717) is 50.4 Å². The lowest BCUT2D eigenvalue weighted by Gasteiger charge is -2.27. The van der Waals surface area contributed by atoms with E-state index in [4.69, 9.17) is 27.1 Å². The maximum atomic E-state index is 16.9. The Labute approximate surface area is 397 Å². The number of benzene rings is 10. The van der Waals surface area contributed by atoms with E-state index in [1.165, 1.54) is 5.56 Å². The molecular formula is C58H43O7P3. The highest BCUT2D eigenvalue weighted by molar-refractivity contribution is 7.85. The highest BCUT2D eigenvalue weighted by Gasteiger charge is 2.38. The molecule has 0 saturated heterocycles. The topological polar surface area (TPSA) is 72.5 Å². The van der Waals surface area contributed by atoms with Gasteiger partial charge in [-0.1, -0.05) is 188 Å². The van der Waals surface area contributed by atoms with Crippen LogP contribution < -0.4 is 38.5 Å². The first-order valence-corrected chi connectivity index (χ1v) is 26.2. The van der Waals surface area contributed by atoms with Crippen molar-refractivity contribution in [1.29, 1.82) is 0 Å². The molecule has 0 aromatic heterocycles. The van der Waals surface area contributed by atoms with Gasteiger partial charge in [0.05, 0.1) is 10.6 Å². The normalized spacial score (nSPS) is 13.5. The van der Waals surface area contributed by atoms with Gasteiger partial charge in [-0.3, -0.25) is 0 Å². The van der Waals surface area contributed by atoms with Gasteiger partial charge in [0.1, 0.15) is 34.5 Å². The summed E-state index contributed by atoms with van der Waals surface area (Å²) in [5.74, 6) is 3.13. The Kier molecular flexibility index (Phi) is 12.4. The molecule has 0 heterocycles. The van der Waals surface area contributed by atoms with Crippen LogP contribution in [0.5, 0.6) is 28.7 Å². The van der Waals surface area contributed by atoms with Crippen molar-refractivity contribution in [2.75, 3.05) is 0 Å². The van der Waals surface area contributed by atoms with Gasteiger partial charge in [0.25, 0.3) is 0 Å². The molecule has 0 bridgehead atoms. The summed E-state index contributed by atoms with van der Waals surface area (Å²) in [6.07, 6.45) is 3.79. The monoisotopic (exact) mass is 944 g/mol. The molecule has 0 N–H and O–H groups in total. The second kappa shape index (κ2) is 19.4. The summed E-state index contributed by atoms with van der Waals surface area (Å²) in [4.78, 5) is 0. The van der Waals surface area contributed by atoms with Crippen molar-refractivity contribution in [3.63, 3.8) is 0 Å². The quantitative estimate of drug-likeness (QED) is 0.0948. The summed E-state index contributed by atoms with van der Waals surface area (Å²) in [5.41, 5.74) is 2.17. The first-order chi connectivity index (χ1) is 33.6. The predicted octanol–water partition coefficient (Wildman–Crippen LogP) is 15.2. The van der Waals surface area contributed by atoms with Gasteiger partial charge < -0.3 is 31.7 Å². The van der Waals surface area contributed by atoms with Crippen LogP contribution in [0.4, 0.5) is 0 Å². The molecule has 10 aromatic rings. The van der Waals surface area contributed by atoms with E-state index < -0.39 is 24.3 Å². The number of hydrogen-bond acceptors (Lipinski definition) is 7. The SMILES string of the molecule is O=P(c1ccccc1)(c1ccccc1OP(OC1=CCCc2ccccc21)Oc1cccc2ccccc12)c1ccccc1OP(Oc1cccc2ccccc12)Oc1cccc2ccccc12. The zero-order valence-electron chi connectivity index (χ0n) is 36.6. The third-order valence-corrected chi connectivity index (χ3v) is 17.0. The van der Waals surface area contributed by atoms with Gasteiger partial charge in [0.15, 0.2) is 7.14 Å². The minimum Gasteiger partial charge on any atom is -0.408 e. The Morgan fingerprint density at radius 3 is 1.26 bits per heavy atom. The van der Waals surface area contributed by atoms with E-state index >= 15 is 4.57 Å². The zero-order valence-corrected chi connectivity index (χ0v) is 39.3. The molecule has 332 valence electrons. The van der Waals surface area contributed by atoms with E-state index in [-0.39, 0.29) is 0 Å². The fraction of sp³-hybridized carbons (Fsp3) is 0.0345. The summed E-state index contributed by atoms with van der Waals surface area (Å²) in [7, 11) is -8.32. The van der Waals surface area contributed by atoms with Crippen LogP contribution in [0.15, 0.2) is 237 Å². The molecule has 2 atom stereocenters. The van der Waals surface area contributed by atoms with Gasteiger partial charge in [0.2, 0.25) is 0 Å². The van der Waals surface area contributed by atoms with Crippen LogP contribution in [-0.4, -0.2) is 0 Å². The molecule has 0 saturated carbocycles. The number of para-hydroxylation sites is 2. The van der Waals surface area contributed by atoms with E-state index in [0.717, 1.165) is 50.7 Å². The maximum absolute atomic E-state index is 16.9. The van der Waals surface area contributed by atoms with Crippen molar-refractivity contribution in [2.45, 2.75) is 12.8 Å². The summed E-state index contributed by atoms with van der Waals surface area (Å²) < 4.78 is 58.1. The molecule has 2 unspecified atom stereocenters. The van der Waals surface area contributed by atoms with Crippen LogP contribution in [0.1, 0.15) is 17.5 Å². The third-order valence-electron chi connectivity index (χ3n) is 11.8. The molecule has 0 amide bonds. The zero-order chi connectivity index (χ0) is 45.7. The molecule has 0 aliphatic heterocycles. The number of allylic oxidation sites excluding steroid dienone is 1. The lowest BCUT2D eigenvalue weighted by Crippen LogP contribution is -2.27. The second-order valence-corrected chi connectivity index (χ2v) is 20.8. The average molecular weight is 945 g/mol. The molecule has 1 aliphatic carbocycles. The molecule has 7 nitrogen and oxygen atoms in total. The van der Waals surface area contributed by atoms with E-state index in [1.807, 2.05) is 218 Å². The van der Waals surface area contributed by atoms with Gasteiger partial charge >= 0.3 is 17.2 Å². The summed E-state index contributed by atoms with van der Waals surface area (Å²) in [6.45, 7) is 0. The molecule has 10 aromatic carbocycles. The van der Waals surface area contributed by atoms with Crippen LogP contribution in [0.2, 0.25) is 0 Å². The molecule has 0 radical (unpaired) electrons. The summed E-state index contributed by atoms with van der Waals surface area (Å²) >= 11 is 0. The minimum atomic E-state index is -3.89. The largest absolute Gasteiger partial charge is 0.530 e. The Bertz CT molecular complexity index is 3410. The fourth-order valence-electron chi connectivity index (χ4n) is 8.59. The first-order valence-electron chi connectivity index (χ1n) is 22.3. The number of hydrogen-bond donors (Lipinski definition) is 0. The maximum Gasteiger partial charge on any atom is 0.530 e. The van der Waals surface area contributed by atoms with Crippen LogP contribution in [0.3, 0.4) is 0 Å². The van der Waals surface area contributed by atoms with E-state index in [9.17, 15) is 0 Å². The van der Waals surface area contributed by atoms with Crippen molar-refractivity contribution >= 4 is 78.3 Å². The summed E-state index contributed by atoms with van der Waals surface area (Å²) in [6, 6.07) is 74.3. The Morgan fingerprint density at radius 2 is 0.735 bits per heavy atom. The van der Waals surface area contributed by atoms with Crippen molar-refractivity contribution in [3.05, 3.63) is 248 Å². The van der Waals surface area contributed by atoms with Crippen LogP contribution >= 0.6 is 24.3 Å². The van der Waals surface area contributed by atoms with Crippen molar-refractivity contribution in [3.8, 4) is 28.7 Å². The Hall–Kier alpha value is -7.39. The molecular weight excluding hydrogens is 902 g/mol. The average Bonchev–Trinajstić information content (AvgIpc) is 3.39. The number of rotatable bonds is 15. The van der Waals surface area contributed by atoms with Gasteiger partial charge in [-0.25, -0.2) is 0 Å². The molecule has 10 heteroatoms. The predicted molar refractivity (Wildman–Crippen MR) is 278 cm³/mol. The van der Waals surface area contributed by atoms with Crippen LogP contribution in [0.25, 0.3) is 38.1 Å². The van der Waals surface area contributed by atoms with Gasteiger partial charge in [-0.05, 0) is 83.1 Å². The standard InChI is InChI=1S/C58H43O7P3/c59-68(46-28-2-1-3-29-46,57-40-14-12-34-55(57)64-66(60-51-36-16-24-42-20-4-8-30-47(42)51)61-52-37-17-25-43-21-5-9-31-48(43)52)58-41-15-13-35-56(58)65-67(62-53-38-18-26-44-22-6-10-32-49(44)53)63-54-39-19-27-45-23-7-11-33-50(45)54/h1-18,20-26,28-41H,19,27H2. The Balaban J connectivity index is 1.02. The number of aryl methyl sites for hydroxylation is 1. The van der Waals surface area contributed by atoms with Gasteiger partial charge in [-0.2, -0.15) is 0 Å². The minimum absolute atomic E-state index is 0.329. The summed E-state index contributed by atoms with van der Waals surface area (Å²) in [5, 5.41) is 7.19. The smallest absolute Gasteiger partial charge is 0.408 e. The molecule has 1 aliphatic rings. The van der Waals surface area contributed by atoms with Crippen molar-refractivity contribution in [1.82, 2.24) is 0 Å². The first kappa shape index (κ1) is 43.2. The molecule has 0 fully saturated rings. The van der Waals surface area contributed by atoms with Crippen LogP contribution in [0, 0.1) is 0 Å². The molecule has 11 rings (SSSR count). The lowest BCUT2D eigenvalue weighted by atomic mass is 9.96. The number of fused-ring (bicyclic) bond motifs is 4. The van der Waals surface area contributed by atoms with E-state index in [2.05, 4.69) is 18.2 Å². The van der Waals surface area contributed by atoms with Gasteiger partial charge in [-0.15, -0.1) is 0 Å².